The van der Waals surface area contributed by atoms with Gasteiger partial charge in [-0.2, -0.15) is 0 Å². The molecular formula is C11H19NOS. The van der Waals surface area contributed by atoms with Crippen LogP contribution in [-0.2, 0) is 0 Å². The molecule has 1 atom stereocenters. The number of nitrogens with one attached hydrogen (secondary N) is 1. The van der Waals surface area contributed by atoms with Gasteiger partial charge in [0.1, 0.15) is 5.75 Å². The van der Waals surface area contributed by atoms with Gasteiger partial charge in [0.2, 0.25) is 0 Å². The second-order valence-corrected chi connectivity index (χ2v) is 4.28. The van der Waals surface area contributed by atoms with Crippen LogP contribution in [0.4, 0.5) is 0 Å². The van der Waals surface area contributed by atoms with E-state index in [1.807, 2.05) is 13.1 Å². The van der Waals surface area contributed by atoms with Gasteiger partial charge in [-0.15, -0.1) is 11.3 Å². The van der Waals surface area contributed by atoms with Crippen molar-refractivity contribution in [3.05, 3.63) is 16.3 Å². The van der Waals surface area contributed by atoms with Gasteiger partial charge >= 0.3 is 0 Å². The van der Waals surface area contributed by atoms with Crippen molar-refractivity contribution < 1.29 is 4.74 Å². The van der Waals surface area contributed by atoms with Crippen molar-refractivity contribution in [1.29, 1.82) is 0 Å². The first-order chi connectivity index (χ1) is 6.83. The van der Waals surface area contributed by atoms with Crippen LogP contribution in [0.25, 0.3) is 0 Å². The van der Waals surface area contributed by atoms with E-state index in [2.05, 4.69) is 17.6 Å². The molecule has 14 heavy (non-hydrogen) atoms. The minimum atomic E-state index is 0.449. The number of ether oxygens (including phenoxy) is 1. The summed E-state index contributed by atoms with van der Waals surface area (Å²) < 4.78 is 5.32. The molecule has 0 aliphatic carbocycles. The molecule has 0 saturated carbocycles. The summed E-state index contributed by atoms with van der Waals surface area (Å²) in [5, 5.41) is 5.43. The lowest BCUT2D eigenvalue weighted by atomic mass is 10.1. The van der Waals surface area contributed by atoms with Gasteiger partial charge in [-0.1, -0.05) is 19.8 Å². The topological polar surface area (TPSA) is 21.3 Å². The van der Waals surface area contributed by atoms with Crippen LogP contribution in [0, 0.1) is 0 Å². The highest BCUT2D eigenvalue weighted by Gasteiger charge is 2.14. The normalized spacial score (nSPS) is 12.8. The second-order valence-electron chi connectivity index (χ2n) is 3.34. The summed E-state index contributed by atoms with van der Waals surface area (Å²) >= 11 is 1.77. The van der Waals surface area contributed by atoms with Crippen molar-refractivity contribution in [3.63, 3.8) is 0 Å². The van der Waals surface area contributed by atoms with Crippen molar-refractivity contribution in [1.82, 2.24) is 5.32 Å². The van der Waals surface area contributed by atoms with Crippen LogP contribution >= 0.6 is 11.3 Å². The van der Waals surface area contributed by atoms with E-state index in [-0.39, 0.29) is 0 Å². The Bertz CT molecular complexity index is 260. The molecule has 0 bridgehead atoms. The number of unbranched alkanes of at least 4 members (excludes halogenated alkanes) is 1. The summed E-state index contributed by atoms with van der Waals surface area (Å²) in [5.41, 5.74) is 0. The Hall–Kier alpha value is -0.540. The standard InChI is InChI=1S/C11H19NOS/c1-4-5-6-9(12-2)11-10(13-3)7-8-14-11/h7-9,12H,4-6H2,1-3H3. The summed E-state index contributed by atoms with van der Waals surface area (Å²) in [7, 11) is 3.75. The van der Waals surface area contributed by atoms with E-state index in [4.69, 9.17) is 4.74 Å². The second kappa shape index (κ2) is 6.04. The molecule has 0 amide bonds. The quantitative estimate of drug-likeness (QED) is 0.783. The van der Waals surface area contributed by atoms with E-state index in [9.17, 15) is 0 Å². The maximum absolute atomic E-state index is 5.32. The molecule has 0 fully saturated rings. The van der Waals surface area contributed by atoms with Crippen LogP contribution < -0.4 is 10.1 Å². The highest BCUT2D eigenvalue weighted by Crippen LogP contribution is 2.33. The van der Waals surface area contributed by atoms with E-state index in [0.29, 0.717) is 6.04 Å². The number of hydrogen-bond acceptors (Lipinski definition) is 3. The molecule has 0 spiro atoms. The van der Waals surface area contributed by atoms with E-state index in [1.165, 1.54) is 24.1 Å². The van der Waals surface area contributed by atoms with Crippen molar-refractivity contribution in [3.8, 4) is 5.75 Å². The highest BCUT2D eigenvalue weighted by atomic mass is 32.1. The Labute approximate surface area is 90.3 Å². The molecule has 0 aromatic carbocycles. The van der Waals surface area contributed by atoms with Gasteiger partial charge in [-0.3, -0.25) is 0 Å². The van der Waals surface area contributed by atoms with Gasteiger partial charge in [-0.25, -0.2) is 0 Å². The van der Waals surface area contributed by atoms with Crippen molar-refractivity contribution in [2.45, 2.75) is 32.2 Å². The summed E-state index contributed by atoms with van der Waals surface area (Å²) in [5.74, 6) is 1.02. The van der Waals surface area contributed by atoms with E-state index in [1.54, 1.807) is 18.4 Å². The first-order valence-electron chi connectivity index (χ1n) is 5.12. The minimum Gasteiger partial charge on any atom is -0.496 e. The zero-order valence-corrected chi connectivity index (χ0v) is 9.99. The average molecular weight is 213 g/mol. The number of rotatable bonds is 6. The first kappa shape index (κ1) is 11.5. The highest BCUT2D eigenvalue weighted by molar-refractivity contribution is 7.10. The predicted octanol–water partition coefficient (Wildman–Crippen LogP) is 3.21. The fourth-order valence-electron chi connectivity index (χ4n) is 1.55. The lowest BCUT2D eigenvalue weighted by Crippen LogP contribution is -2.15. The van der Waals surface area contributed by atoms with Gasteiger partial charge in [0.15, 0.2) is 0 Å². The zero-order valence-electron chi connectivity index (χ0n) is 9.17. The Morgan fingerprint density at radius 2 is 2.36 bits per heavy atom. The summed E-state index contributed by atoms with van der Waals surface area (Å²) in [6, 6.07) is 2.49. The molecule has 1 unspecified atom stereocenters. The number of thiophene rings is 1. The number of hydrogen-bond donors (Lipinski definition) is 1. The van der Waals surface area contributed by atoms with E-state index >= 15 is 0 Å². The van der Waals surface area contributed by atoms with Crippen LogP contribution in [0.1, 0.15) is 37.1 Å². The third kappa shape index (κ3) is 2.72. The Balaban J connectivity index is 2.67. The summed E-state index contributed by atoms with van der Waals surface area (Å²) in [6.07, 6.45) is 3.68. The maximum atomic E-state index is 5.32. The molecule has 0 radical (unpaired) electrons. The van der Waals surface area contributed by atoms with Crippen LogP contribution in [0.5, 0.6) is 5.75 Å². The lowest BCUT2D eigenvalue weighted by Gasteiger charge is -2.15. The van der Waals surface area contributed by atoms with Crippen LogP contribution in [0.2, 0.25) is 0 Å². The van der Waals surface area contributed by atoms with E-state index in [0.717, 1.165) is 5.75 Å². The van der Waals surface area contributed by atoms with Crippen LogP contribution in [0.15, 0.2) is 11.4 Å². The zero-order chi connectivity index (χ0) is 10.4. The Morgan fingerprint density at radius 3 is 2.93 bits per heavy atom. The van der Waals surface area contributed by atoms with Crippen molar-refractivity contribution in [2.75, 3.05) is 14.2 Å². The van der Waals surface area contributed by atoms with Gasteiger partial charge < -0.3 is 10.1 Å². The van der Waals surface area contributed by atoms with Crippen molar-refractivity contribution >= 4 is 11.3 Å². The average Bonchev–Trinajstić information content (AvgIpc) is 2.67. The SMILES string of the molecule is CCCCC(NC)c1sccc1OC. The van der Waals surface area contributed by atoms with E-state index < -0.39 is 0 Å². The van der Waals surface area contributed by atoms with Gasteiger partial charge in [0, 0.05) is 6.04 Å². The molecule has 3 heteroatoms. The maximum Gasteiger partial charge on any atom is 0.134 e. The molecular weight excluding hydrogens is 194 g/mol. The third-order valence-corrected chi connectivity index (χ3v) is 3.40. The molecule has 0 aliphatic heterocycles. The fraction of sp³-hybridized carbons (Fsp3) is 0.636. The molecule has 0 aliphatic rings. The molecule has 1 rings (SSSR count). The third-order valence-electron chi connectivity index (χ3n) is 2.39. The van der Waals surface area contributed by atoms with Crippen molar-refractivity contribution in [2.24, 2.45) is 0 Å². The molecule has 2 nitrogen and oxygen atoms in total. The smallest absolute Gasteiger partial charge is 0.134 e. The van der Waals surface area contributed by atoms with Gasteiger partial charge in [-0.05, 0) is 24.9 Å². The van der Waals surface area contributed by atoms with Gasteiger partial charge in [0.25, 0.3) is 0 Å². The van der Waals surface area contributed by atoms with Crippen LogP contribution in [0.3, 0.4) is 0 Å². The minimum absolute atomic E-state index is 0.449. The summed E-state index contributed by atoms with van der Waals surface area (Å²) in [4.78, 5) is 1.32. The predicted molar refractivity (Wildman–Crippen MR) is 62.2 cm³/mol. The monoisotopic (exact) mass is 213 g/mol. The molecule has 1 aromatic heterocycles. The molecule has 80 valence electrons. The molecule has 1 N–H and O–H groups in total. The first-order valence-corrected chi connectivity index (χ1v) is 6.00. The molecule has 0 saturated heterocycles. The Kier molecular flexibility index (Phi) is 4.98. The molecule has 1 heterocycles. The fourth-order valence-corrected chi connectivity index (χ4v) is 2.55. The van der Waals surface area contributed by atoms with Crippen LogP contribution in [-0.4, -0.2) is 14.2 Å². The van der Waals surface area contributed by atoms with Gasteiger partial charge in [0.05, 0.1) is 12.0 Å². The Morgan fingerprint density at radius 1 is 1.57 bits per heavy atom. The molecule has 1 aromatic rings. The lowest BCUT2D eigenvalue weighted by molar-refractivity contribution is 0.401. The largest absolute Gasteiger partial charge is 0.496 e. The number of methoxy groups -OCH3 is 1. The summed E-state index contributed by atoms with van der Waals surface area (Å²) in [6.45, 7) is 2.22.